The molecule has 0 N–H and O–H groups in total. The van der Waals surface area contributed by atoms with E-state index in [1.54, 1.807) is 0 Å². The predicted molar refractivity (Wildman–Crippen MR) is 39.2 cm³/mol. The second kappa shape index (κ2) is 3.81. The standard InChI is InChI=1S/C5HF8I/c6-3(7,5(11,12)13)1-2(14)4(8,9)10/h1H. The summed E-state index contributed by atoms with van der Waals surface area (Å²) in [6.07, 6.45) is -12.4. The van der Waals surface area contributed by atoms with Crippen molar-refractivity contribution in [2.45, 2.75) is 18.3 Å². The molecule has 0 aliphatic heterocycles. The van der Waals surface area contributed by atoms with Crippen molar-refractivity contribution in [3.63, 3.8) is 0 Å². The molecule has 0 aliphatic rings. The quantitative estimate of drug-likeness (QED) is 0.499. The third kappa shape index (κ3) is 3.58. The van der Waals surface area contributed by atoms with Crippen molar-refractivity contribution in [2.24, 2.45) is 0 Å². The molecular formula is C5HF8I. The zero-order valence-corrected chi connectivity index (χ0v) is 8.14. The van der Waals surface area contributed by atoms with Crippen LogP contribution >= 0.6 is 22.6 Å². The van der Waals surface area contributed by atoms with E-state index < -0.39 is 27.9 Å². The van der Waals surface area contributed by atoms with Crippen LogP contribution in [0.25, 0.3) is 0 Å². The first-order valence-corrected chi connectivity index (χ1v) is 3.86. The Balaban J connectivity index is 5.00. The highest BCUT2D eigenvalue weighted by Gasteiger charge is 2.57. The van der Waals surface area contributed by atoms with Gasteiger partial charge in [0.1, 0.15) is 0 Å². The largest absolute Gasteiger partial charge is 0.457 e. The maximum absolute atomic E-state index is 12.0. The smallest absolute Gasteiger partial charge is 0.191 e. The number of rotatable bonds is 1. The van der Waals surface area contributed by atoms with Crippen molar-refractivity contribution >= 4 is 22.6 Å². The number of halogens is 9. The van der Waals surface area contributed by atoms with E-state index in [1.165, 1.54) is 0 Å². The van der Waals surface area contributed by atoms with Gasteiger partial charge in [0.2, 0.25) is 0 Å². The Morgan fingerprint density at radius 1 is 0.857 bits per heavy atom. The van der Waals surface area contributed by atoms with Crippen molar-refractivity contribution in [3.8, 4) is 0 Å². The zero-order valence-electron chi connectivity index (χ0n) is 5.98. The predicted octanol–water partition coefficient (Wildman–Crippen LogP) is 4.07. The SMILES string of the molecule is FC(F)(F)C(I)=CC(F)(F)C(F)(F)F. The highest BCUT2D eigenvalue weighted by Crippen LogP contribution is 2.41. The molecule has 0 radical (unpaired) electrons. The van der Waals surface area contributed by atoms with E-state index in [1.807, 2.05) is 0 Å². The molecule has 14 heavy (non-hydrogen) atoms. The molecule has 0 saturated carbocycles. The van der Waals surface area contributed by atoms with Gasteiger partial charge in [-0.2, -0.15) is 35.1 Å². The molecule has 0 fully saturated rings. The first kappa shape index (κ1) is 13.9. The van der Waals surface area contributed by atoms with Gasteiger partial charge in [0.25, 0.3) is 0 Å². The number of allylic oxidation sites excluding steroid dienone is 2. The molecule has 0 rings (SSSR count). The molecule has 0 nitrogen and oxygen atoms in total. The molecule has 0 spiro atoms. The number of alkyl halides is 8. The van der Waals surface area contributed by atoms with Gasteiger partial charge in [-0.3, -0.25) is 0 Å². The Morgan fingerprint density at radius 3 is 1.43 bits per heavy atom. The molecule has 0 unspecified atom stereocenters. The summed E-state index contributed by atoms with van der Waals surface area (Å²) in [6, 6.07) is 0. The van der Waals surface area contributed by atoms with Gasteiger partial charge in [-0.15, -0.1) is 0 Å². The molecule has 0 amide bonds. The lowest BCUT2D eigenvalue weighted by Crippen LogP contribution is -2.35. The van der Waals surface area contributed by atoms with Crippen molar-refractivity contribution in [2.75, 3.05) is 0 Å². The van der Waals surface area contributed by atoms with Gasteiger partial charge in [-0.25, -0.2) is 0 Å². The average molecular weight is 340 g/mol. The Kier molecular flexibility index (Phi) is 3.79. The number of hydrogen-bond donors (Lipinski definition) is 0. The summed E-state index contributed by atoms with van der Waals surface area (Å²) in [4.78, 5) is 0. The van der Waals surface area contributed by atoms with Gasteiger partial charge < -0.3 is 0 Å². The molecule has 84 valence electrons. The van der Waals surface area contributed by atoms with Crippen LogP contribution in [-0.2, 0) is 0 Å². The van der Waals surface area contributed by atoms with Crippen LogP contribution in [0.3, 0.4) is 0 Å². The molecular weight excluding hydrogens is 339 g/mol. The second-order valence-electron chi connectivity index (χ2n) is 2.11. The van der Waals surface area contributed by atoms with Crippen LogP contribution in [0.2, 0.25) is 0 Å². The molecule has 0 bridgehead atoms. The van der Waals surface area contributed by atoms with Crippen LogP contribution in [0.15, 0.2) is 9.66 Å². The monoisotopic (exact) mass is 340 g/mol. The molecule has 0 aromatic heterocycles. The Hall–Kier alpha value is -0.0900. The van der Waals surface area contributed by atoms with Gasteiger partial charge in [0, 0.05) is 6.08 Å². The van der Waals surface area contributed by atoms with Crippen LogP contribution in [0, 0.1) is 0 Å². The second-order valence-corrected chi connectivity index (χ2v) is 3.27. The van der Waals surface area contributed by atoms with Crippen LogP contribution in [0.1, 0.15) is 0 Å². The summed E-state index contributed by atoms with van der Waals surface area (Å²) in [7, 11) is 0. The van der Waals surface area contributed by atoms with E-state index in [0.717, 1.165) is 0 Å². The third-order valence-electron chi connectivity index (χ3n) is 0.957. The molecule has 9 heteroatoms. The Labute approximate surface area is 86.1 Å². The van der Waals surface area contributed by atoms with E-state index in [4.69, 9.17) is 0 Å². The first-order valence-electron chi connectivity index (χ1n) is 2.78. The normalized spacial score (nSPS) is 15.9. The highest BCUT2D eigenvalue weighted by atomic mass is 127. The minimum absolute atomic E-state index is 0.370. The molecule has 0 heterocycles. The van der Waals surface area contributed by atoms with E-state index in [-0.39, 0.29) is 0 Å². The van der Waals surface area contributed by atoms with Crippen molar-refractivity contribution < 1.29 is 35.1 Å². The molecule has 0 aromatic carbocycles. The van der Waals surface area contributed by atoms with Gasteiger partial charge >= 0.3 is 18.3 Å². The molecule has 0 saturated heterocycles. The van der Waals surface area contributed by atoms with Crippen LogP contribution in [-0.4, -0.2) is 18.3 Å². The van der Waals surface area contributed by atoms with Crippen LogP contribution in [0.4, 0.5) is 35.1 Å². The fourth-order valence-electron chi connectivity index (χ4n) is 0.323. The topological polar surface area (TPSA) is 0 Å². The van der Waals surface area contributed by atoms with E-state index >= 15 is 0 Å². The van der Waals surface area contributed by atoms with Gasteiger partial charge in [-0.05, 0) is 22.6 Å². The zero-order chi connectivity index (χ0) is 11.8. The lowest BCUT2D eigenvalue weighted by atomic mass is 10.3. The van der Waals surface area contributed by atoms with Crippen LogP contribution in [0.5, 0.6) is 0 Å². The minimum Gasteiger partial charge on any atom is -0.191 e. The van der Waals surface area contributed by atoms with E-state index in [9.17, 15) is 35.1 Å². The summed E-state index contributed by atoms with van der Waals surface area (Å²) in [5, 5.41) is 0. The van der Waals surface area contributed by atoms with E-state index in [0.29, 0.717) is 22.6 Å². The first-order chi connectivity index (χ1) is 5.88. The lowest BCUT2D eigenvalue weighted by Gasteiger charge is -2.16. The van der Waals surface area contributed by atoms with Crippen LogP contribution < -0.4 is 0 Å². The van der Waals surface area contributed by atoms with Crippen molar-refractivity contribution in [1.29, 1.82) is 0 Å². The lowest BCUT2D eigenvalue weighted by molar-refractivity contribution is -0.259. The summed E-state index contributed by atoms with van der Waals surface area (Å²) in [6.45, 7) is 0. The van der Waals surface area contributed by atoms with Gasteiger partial charge in [0.15, 0.2) is 0 Å². The van der Waals surface area contributed by atoms with Gasteiger partial charge in [0.05, 0.1) is 3.58 Å². The van der Waals surface area contributed by atoms with E-state index in [2.05, 4.69) is 0 Å². The van der Waals surface area contributed by atoms with Gasteiger partial charge in [-0.1, -0.05) is 0 Å². The number of hydrogen-bond acceptors (Lipinski definition) is 0. The summed E-state index contributed by atoms with van der Waals surface area (Å²) in [5.74, 6) is -5.47. The highest BCUT2D eigenvalue weighted by molar-refractivity contribution is 14.1. The minimum atomic E-state index is -6.02. The Morgan fingerprint density at radius 2 is 1.21 bits per heavy atom. The fraction of sp³-hybridized carbons (Fsp3) is 0.600. The maximum atomic E-state index is 12.0. The molecule has 0 aromatic rings. The summed E-state index contributed by atoms with van der Waals surface area (Å²) in [5.41, 5.74) is 0. The Bertz CT molecular complexity index is 233. The third-order valence-corrected chi connectivity index (χ3v) is 1.88. The van der Waals surface area contributed by atoms with Crippen molar-refractivity contribution in [3.05, 3.63) is 9.66 Å². The summed E-state index contributed by atoms with van der Waals surface area (Å²) < 4.78 is 91.0. The summed E-state index contributed by atoms with van der Waals surface area (Å²) >= 11 is 0.370. The molecule has 0 atom stereocenters. The van der Waals surface area contributed by atoms with Crippen molar-refractivity contribution in [1.82, 2.24) is 0 Å². The average Bonchev–Trinajstić information content (AvgIpc) is 1.80. The molecule has 0 aliphatic carbocycles. The maximum Gasteiger partial charge on any atom is 0.457 e. The fourth-order valence-corrected chi connectivity index (χ4v) is 0.714.